The average Bonchev–Trinajstić information content (AvgIpc) is 2.36. The molecule has 1 heteroatoms. The van der Waals surface area contributed by atoms with Crippen molar-refractivity contribution in [3.8, 4) is 0 Å². The maximum Gasteiger partial charge on any atom is 0.133 e. The van der Waals surface area contributed by atoms with Crippen LogP contribution in [0.3, 0.4) is 0 Å². The van der Waals surface area contributed by atoms with Gasteiger partial charge in [0.05, 0.1) is 0 Å². The summed E-state index contributed by atoms with van der Waals surface area (Å²) in [5.41, 5.74) is 0.506. The van der Waals surface area contributed by atoms with Crippen molar-refractivity contribution >= 4 is 5.78 Å². The van der Waals surface area contributed by atoms with Gasteiger partial charge in [0.1, 0.15) is 5.78 Å². The Morgan fingerprint density at radius 2 is 2.10 bits per heavy atom. The summed E-state index contributed by atoms with van der Waals surface area (Å²) in [6.07, 6.45) is 2.89. The van der Waals surface area contributed by atoms with Crippen LogP contribution in [0, 0.1) is 17.3 Å². The van der Waals surface area contributed by atoms with Crippen LogP contribution < -0.4 is 0 Å². The van der Waals surface area contributed by atoms with Crippen molar-refractivity contribution in [2.24, 2.45) is 17.3 Å². The first-order valence-corrected chi connectivity index (χ1v) is 4.14. The summed E-state index contributed by atoms with van der Waals surface area (Å²) >= 11 is 0. The van der Waals surface area contributed by atoms with Gasteiger partial charge in [0, 0.05) is 12.8 Å². The maximum atomic E-state index is 11.0. The average molecular weight is 138 g/mol. The topological polar surface area (TPSA) is 17.1 Å². The lowest BCUT2D eigenvalue weighted by atomic mass is 10.00. The second-order valence-corrected chi connectivity index (χ2v) is 4.32. The second-order valence-electron chi connectivity index (χ2n) is 4.32. The van der Waals surface area contributed by atoms with E-state index in [9.17, 15) is 4.79 Å². The van der Waals surface area contributed by atoms with E-state index >= 15 is 0 Å². The molecule has 56 valence electrons. The molecule has 0 amide bonds. The Hall–Kier alpha value is -0.330. The standard InChI is InChI=1S/C9H14O/c1-9(2)7-4-3-6(10)5-8(7)9/h7-8H,3-5H2,1-2H3/t7-,8+/m0/s1. The molecule has 2 rings (SSSR count). The number of hydrogen-bond acceptors (Lipinski definition) is 1. The van der Waals surface area contributed by atoms with E-state index in [-0.39, 0.29) is 0 Å². The molecule has 2 fully saturated rings. The number of Topliss-reactive ketones (excluding diaryl/α,β-unsaturated/α-hetero) is 1. The first-order chi connectivity index (χ1) is 4.62. The fraction of sp³-hybridized carbons (Fsp3) is 0.889. The summed E-state index contributed by atoms with van der Waals surface area (Å²) in [5, 5.41) is 0. The minimum absolute atomic E-state index is 0.492. The van der Waals surface area contributed by atoms with Crippen LogP contribution in [-0.2, 0) is 4.79 Å². The Kier molecular flexibility index (Phi) is 1.04. The third-order valence-corrected chi connectivity index (χ3v) is 3.47. The highest BCUT2D eigenvalue weighted by molar-refractivity contribution is 5.80. The Labute approximate surface area is 61.8 Å². The summed E-state index contributed by atoms with van der Waals surface area (Å²) in [6, 6.07) is 0. The van der Waals surface area contributed by atoms with Gasteiger partial charge < -0.3 is 0 Å². The molecule has 0 aromatic rings. The predicted molar refractivity (Wildman–Crippen MR) is 39.6 cm³/mol. The monoisotopic (exact) mass is 138 g/mol. The van der Waals surface area contributed by atoms with Crippen molar-refractivity contribution in [1.29, 1.82) is 0 Å². The molecule has 2 saturated carbocycles. The smallest absolute Gasteiger partial charge is 0.133 e. The number of rotatable bonds is 0. The van der Waals surface area contributed by atoms with Crippen LogP contribution >= 0.6 is 0 Å². The van der Waals surface area contributed by atoms with Crippen molar-refractivity contribution in [2.45, 2.75) is 33.1 Å². The van der Waals surface area contributed by atoms with Crippen LogP contribution in [-0.4, -0.2) is 5.78 Å². The van der Waals surface area contributed by atoms with Gasteiger partial charge in [-0.05, 0) is 23.7 Å². The van der Waals surface area contributed by atoms with Crippen molar-refractivity contribution in [1.82, 2.24) is 0 Å². The van der Waals surface area contributed by atoms with Crippen LogP contribution in [0.15, 0.2) is 0 Å². The van der Waals surface area contributed by atoms with E-state index in [0.717, 1.165) is 31.1 Å². The minimum atomic E-state index is 0.492. The van der Waals surface area contributed by atoms with Gasteiger partial charge in [0.2, 0.25) is 0 Å². The van der Waals surface area contributed by atoms with Crippen LogP contribution in [0.1, 0.15) is 33.1 Å². The van der Waals surface area contributed by atoms with Gasteiger partial charge in [-0.1, -0.05) is 13.8 Å². The largest absolute Gasteiger partial charge is 0.300 e. The molecule has 0 N–H and O–H groups in total. The van der Waals surface area contributed by atoms with Crippen molar-refractivity contribution in [3.63, 3.8) is 0 Å². The Morgan fingerprint density at radius 1 is 1.40 bits per heavy atom. The third kappa shape index (κ3) is 0.664. The molecule has 0 saturated heterocycles. The number of fused-ring (bicyclic) bond motifs is 1. The van der Waals surface area contributed by atoms with Crippen LogP contribution in [0.25, 0.3) is 0 Å². The molecule has 1 nitrogen and oxygen atoms in total. The highest BCUT2D eigenvalue weighted by Crippen LogP contribution is 2.64. The van der Waals surface area contributed by atoms with E-state index in [4.69, 9.17) is 0 Å². The number of carbonyl (C=O) groups excluding carboxylic acids is 1. The number of ketones is 1. The quantitative estimate of drug-likeness (QED) is 0.500. The van der Waals surface area contributed by atoms with Crippen molar-refractivity contribution in [3.05, 3.63) is 0 Å². The van der Waals surface area contributed by atoms with Gasteiger partial charge in [-0.25, -0.2) is 0 Å². The first-order valence-electron chi connectivity index (χ1n) is 4.14. The SMILES string of the molecule is CC1(C)[C@@H]2CC(=O)CC[C@@H]21. The highest BCUT2D eigenvalue weighted by Gasteiger charge is 2.58. The van der Waals surface area contributed by atoms with E-state index in [1.807, 2.05) is 0 Å². The lowest BCUT2D eigenvalue weighted by molar-refractivity contribution is -0.120. The van der Waals surface area contributed by atoms with Crippen LogP contribution in [0.4, 0.5) is 0 Å². The molecule has 0 radical (unpaired) electrons. The van der Waals surface area contributed by atoms with Crippen LogP contribution in [0.5, 0.6) is 0 Å². The molecule has 0 unspecified atom stereocenters. The van der Waals surface area contributed by atoms with Gasteiger partial charge in [-0.2, -0.15) is 0 Å². The van der Waals surface area contributed by atoms with Gasteiger partial charge in [-0.15, -0.1) is 0 Å². The number of hydrogen-bond donors (Lipinski definition) is 0. The zero-order valence-electron chi connectivity index (χ0n) is 6.68. The van der Waals surface area contributed by atoms with E-state index in [1.54, 1.807) is 0 Å². The third-order valence-electron chi connectivity index (χ3n) is 3.47. The molecule has 2 atom stereocenters. The Bertz CT molecular complexity index is 181. The van der Waals surface area contributed by atoms with Gasteiger partial charge >= 0.3 is 0 Å². The highest BCUT2D eigenvalue weighted by atomic mass is 16.1. The minimum Gasteiger partial charge on any atom is -0.300 e. The molecule has 0 aliphatic heterocycles. The molecule has 2 aliphatic rings. The lowest BCUT2D eigenvalue weighted by Gasteiger charge is -2.04. The summed E-state index contributed by atoms with van der Waals surface area (Å²) in [6.45, 7) is 4.59. The molecule has 2 aliphatic carbocycles. The molecule has 0 aromatic heterocycles. The molecular formula is C9H14O. The van der Waals surface area contributed by atoms with E-state index in [1.165, 1.54) is 0 Å². The van der Waals surface area contributed by atoms with Crippen molar-refractivity contribution < 1.29 is 4.79 Å². The zero-order chi connectivity index (χ0) is 7.35. The molecule has 0 spiro atoms. The van der Waals surface area contributed by atoms with E-state index in [2.05, 4.69) is 13.8 Å². The molecule has 0 bridgehead atoms. The molecule has 0 aromatic carbocycles. The normalized spacial score (nSPS) is 42.8. The predicted octanol–water partition coefficient (Wildman–Crippen LogP) is 2.01. The zero-order valence-corrected chi connectivity index (χ0v) is 6.68. The lowest BCUT2D eigenvalue weighted by Crippen LogP contribution is -2.05. The molecular weight excluding hydrogens is 124 g/mol. The van der Waals surface area contributed by atoms with Crippen molar-refractivity contribution in [2.75, 3.05) is 0 Å². The van der Waals surface area contributed by atoms with Gasteiger partial charge in [-0.3, -0.25) is 4.79 Å². The summed E-state index contributed by atoms with van der Waals surface area (Å²) < 4.78 is 0. The molecule has 10 heavy (non-hydrogen) atoms. The van der Waals surface area contributed by atoms with Gasteiger partial charge in [0.25, 0.3) is 0 Å². The van der Waals surface area contributed by atoms with E-state index < -0.39 is 0 Å². The summed E-state index contributed by atoms with van der Waals surface area (Å²) in [4.78, 5) is 11.0. The Balaban J connectivity index is 2.10. The summed E-state index contributed by atoms with van der Waals surface area (Å²) in [7, 11) is 0. The van der Waals surface area contributed by atoms with E-state index in [0.29, 0.717) is 11.2 Å². The first kappa shape index (κ1) is 6.38. The summed E-state index contributed by atoms with van der Waals surface area (Å²) in [5.74, 6) is 2.12. The fourth-order valence-electron chi connectivity index (χ4n) is 2.50. The maximum absolute atomic E-state index is 11.0. The molecule has 0 heterocycles. The Morgan fingerprint density at radius 3 is 2.60 bits per heavy atom. The second kappa shape index (κ2) is 1.63. The van der Waals surface area contributed by atoms with Gasteiger partial charge in [0.15, 0.2) is 0 Å². The fourth-order valence-corrected chi connectivity index (χ4v) is 2.50. The van der Waals surface area contributed by atoms with Crippen LogP contribution in [0.2, 0.25) is 0 Å². The number of carbonyl (C=O) groups is 1.